The van der Waals surface area contributed by atoms with E-state index in [-0.39, 0.29) is 17.0 Å². The van der Waals surface area contributed by atoms with E-state index in [4.69, 9.17) is 0 Å². The summed E-state index contributed by atoms with van der Waals surface area (Å²) in [4.78, 5) is 23.3. The van der Waals surface area contributed by atoms with E-state index in [1.165, 1.54) is 12.5 Å². The van der Waals surface area contributed by atoms with Gasteiger partial charge in [0.05, 0.1) is 11.1 Å². The third kappa shape index (κ3) is 5.36. The molecule has 134 valence electrons. The van der Waals surface area contributed by atoms with Gasteiger partial charge in [0, 0.05) is 0 Å². The molecule has 0 radical (unpaired) electrons. The van der Waals surface area contributed by atoms with Gasteiger partial charge in [0.25, 0.3) is 0 Å². The number of hydrogen-bond donors (Lipinski definition) is 2. The molecule has 0 fully saturated rings. The highest BCUT2D eigenvalue weighted by Crippen LogP contribution is 2.32. The minimum atomic E-state index is -1.17. The Hall–Kier alpha value is -1.84. The third-order valence-electron chi connectivity index (χ3n) is 4.56. The smallest absolute Gasteiger partial charge is 0.336 e. The number of aromatic carboxylic acids is 2. The average molecular weight is 334 g/mol. The summed E-state index contributed by atoms with van der Waals surface area (Å²) in [6.45, 7) is 6.28. The molecule has 0 spiro atoms. The van der Waals surface area contributed by atoms with Gasteiger partial charge < -0.3 is 10.2 Å². The van der Waals surface area contributed by atoms with Crippen molar-refractivity contribution in [2.75, 3.05) is 0 Å². The molecule has 0 aliphatic rings. The van der Waals surface area contributed by atoms with E-state index in [0.717, 1.165) is 56.1 Å². The van der Waals surface area contributed by atoms with Crippen LogP contribution in [0.3, 0.4) is 0 Å². The van der Waals surface area contributed by atoms with Gasteiger partial charge in [0.1, 0.15) is 0 Å². The second-order valence-electron chi connectivity index (χ2n) is 6.53. The van der Waals surface area contributed by atoms with Crippen molar-refractivity contribution >= 4 is 11.9 Å². The molecular formula is C20H30O4. The second-order valence-corrected chi connectivity index (χ2v) is 6.53. The summed E-state index contributed by atoms with van der Waals surface area (Å²) in [5.41, 5.74) is 1.60. The second kappa shape index (κ2) is 10.1. The summed E-state index contributed by atoms with van der Waals surface area (Å²) in [6, 6.07) is 3.26. The molecule has 0 heterocycles. The zero-order valence-electron chi connectivity index (χ0n) is 15.1. The van der Waals surface area contributed by atoms with Gasteiger partial charge in [0.2, 0.25) is 0 Å². The van der Waals surface area contributed by atoms with E-state index >= 15 is 0 Å². The maximum Gasteiger partial charge on any atom is 0.336 e. The Bertz CT molecular complexity index is 563. The fraction of sp³-hybridized carbons (Fsp3) is 0.600. The monoisotopic (exact) mass is 334 g/mol. The fourth-order valence-electron chi connectivity index (χ4n) is 3.24. The first kappa shape index (κ1) is 20.2. The van der Waals surface area contributed by atoms with Crippen molar-refractivity contribution in [2.45, 2.75) is 78.1 Å². The zero-order valence-corrected chi connectivity index (χ0v) is 15.1. The molecule has 1 aromatic carbocycles. The van der Waals surface area contributed by atoms with Crippen molar-refractivity contribution in [1.29, 1.82) is 0 Å². The predicted octanol–water partition coefficient (Wildman–Crippen LogP) is 5.50. The number of aryl methyl sites for hydroxylation is 1. The van der Waals surface area contributed by atoms with Crippen LogP contribution < -0.4 is 0 Å². The normalized spacial score (nSPS) is 12.1. The number of carboxylic acids is 2. The first-order valence-corrected chi connectivity index (χ1v) is 9.06. The lowest BCUT2D eigenvalue weighted by molar-refractivity contribution is 0.0650. The van der Waals surface area contributed by atoms with Crippen molar-refractivity contribution < 1.29 is 19.8 Å². The van der Waals surface area contributed by atoms with Gasteiger partial charge in [0.15, 0.2) is 0 Å². The van der Waals surface area contributed by atoms with Crippen LogP contribution in [0.25, 0.3) is 0 Å². The Kier molecular flexibility index (Phi) is 8.51. The minimum absolute atomic E-state index is 0.0147. The summed E-state index contributed by atoms with van der Waals surface area (Å²) in [7, 11) is 0. The fourth-order valence-corrected chi connectivity index (χ4v) is 3.24. The third-order valence-corrected chi connectivity index (χ3v) is 4.56. The van der Waals surface area contributed by atoms with Crippen molar-refractivity contribution in [1.82, 2.24) is 0 Å². The minimum Gasteiger partial charge on any atom is -0.478 e. The van der Waals surface area contributed by atoms with Crippen LogP contribution in [0.5, 0.6) is 0 Å². The summed E-state index contributed by atoms with van der Waals surface area (Å²) < 4.78 is 0. The molecule has 1 atom stereocenters. The average Bonchev–Trinajstić information content (AvgIpc) is 2.55. The molecule has 0 aliphatic heterocycles. The lowest BCUT2D eigenvalue weighted by atomic mass is 9.83. The molecule has 0 aliphatic carbocycles. The number of hydrogen-bond acceptors (Lipinski definition) is 2. The lowest BCUT2D eigenvalue weighted by Gasteiger charge is -2.21. The Balaban J connectivity index is 3.24. The Morgan fingerprint density at radius 2 is 1.62 bits per heavy atom. The molecule has 4 heteroatoms. The molecule has 24 heavy (non-hydrogen) atoms. The highest BCUT2D eigenvalue weighted by atomic mass is 16.4. The van der Waals surface area contributed by atoms with E-state index in [0.29, 0.717) is 0 Å². The van der Waals surface area contributed by atoms with E-state index in [1.54, 1.807) is 0 Å². The zero-order chi connectivity index (χ0) is 18.1. The molecule has 1 unspecified atom stereocenters. The van der Waals surface area contributed by atoms with Crippen molar-refractivity contribution in [3.63, 3.8) is 0 Å². The van der Waals surface area contributed by atoms with Gasteiger partial charge in [-0.1, -0.05) is 58.9 Å². The topological polar surface area (TPSA) is 74.6 Å². The SMILES string of the molecule is CCCCCCC(C)c1c(CCCC)ccc(C(=O)O)c1C(=O)O. The molecule has 0 saturated carbocycles. The summed E-state index contributed by atoms with van der Waals surface area (Å²) in [6.07, 6.45) is 8.19. The van der Waals surface area contributed by atoms with Gasteiger partial charge in [-0.15, -0.1) is 0 Å². The predicted molar refractivity (Wildman–Crippen MR) is 96.1 cm³/mol. The molecular weight excluding hydrogens is 304 g/mol. The van der Waals surface area contributed by atoms with Crippen LogP contribution in [-0.2, 0) is 6.42 Å². The van der Waals surface area contributed by atoms with Gasteiger partial charge >= 0.3 is 11.9 Å². The number of rotatable bonds is 11. The summed E-state index contributed by atoms with van der Waals surface area (Å²) in [5.74, 6) is -2.26. The van der Waals surface area contributed by atoms with Gasteiger partial charge in [-0.25, -0.2) is 9.59 Å². The molecule has 0 amide bonds. The molecule has 1 rings (SSSR count). The maximum atomic E-state index is 11.8. The quantitative estimate of drug-likeness (QED) is 0.524. The summed E-state index contributed by atoms with van der Waals surface area (Å²) >= 11 is 0. The van der Waals surface area contributed by atoms with E-state index in [1.807, 2.05) is 13.0 Å². The molecule has 2 N–H and O–H groups in total. The van der Waals surface area contributed by atoms with Crippen LogP contribution in [0.15, 0.2) is 12.1 Å². The van der Waals surface area contributed by atoms with Gasteiger partial charge in [-0.05, 0) is 42.4 Å². The highest BCUT2D eigenvalue weighted by Gasteiger charge is 2.25. The lowest BCUT2D eigenvalue weighted by Crippen LogP contribution is -2.15. The van der Waals surface area contributed by atoms with Crippen LogP contribution in [0.2, 0.25) is 0 Å². The first-order valence-electron chi connectivity index (χ1n) is 9.06. The van der Waals surface area contributed by atoms with Crippen molar-refractivity contribution in [3.05, 3.63) is 34.4 Å². The van der Waals surface area contributed by atoms with Crippen LogP contribution in [0.4, 0.5) is 0 Å². The number of benzene rings is 1. The maximum absolute atomic E-state index is 11.8. The number of unbranched alkanes of at least 4 members (excludes halogenated alkanes) is 4. The molecule has 0 saturated heterocycles. The largest absolute Gasteiger partial charge is 0.478 e. The van der Waals surface area contributed by atoms with Gasteiger partial charge in [-0.3, -0.25) is 0 Å². The number of carbonyl (C=O) groups is 2. The molecule has 0 aromatic heterocycles. The van der Waals surface area contributed by atoms with Crippen molar-refractivity contribution in [2.24, 2.45) is 0 Å². The highest BCUT2D eigenvalue weighted by molar-refractivity contribution is 6.03. The first-order chi connectivity index (χ1) is 11.4. The van der Waals surface area contributed by atoms with E-state index in [9.17, 15) is 19.8 Å². The number of carboxylic acid groups (broad SMARTS) is 2. The van der Waals surface area contributed by atoms with Crippen molar-refractivity contribution in [3.8, 4) is 0 Å². The Morgan fingerprint density at radius 3 is 2.17 bits per heavy atom. The van der Waals surface area contributed by atoms with Crippen LogP contribution in [-0.4, -0.2) is 22.2 Å². The van der Waals surface area contributed by atoms with Gasteiger partial charge in [-0.2, -0.15) is 0 Å². The van der Waals surface area contributed by atoms with Crippen LogP contribution >= 0.6 is 0 Å². The van der Waals surface area contributed by atoms with Crippen LogP contribution in [0.1, 0.15) is 103 Å². The Morgan fingerprint density at radius 1 is 0.958 bits per heavy atom. The van der Waals surface area contributed by atoms with E-state index in [2.05, 4.69) is 13.8 Å². The standard InChI is InChI=1S/C20H30O4/c1-4-6-8-9-10-14(3)17-15(11-7-5-2)12-13-16(19(21)22)18(17)20(23)24/h12-14H,4-11H2,1-3H3,(H,21,22)(H,23,24). The molecule has 0 bridgehead atoms. The molecule has 1 aromatic rings. The van der Waals surface area contributed by atoms with Crippen LogP contribution in [0, 0.1) is 0 Å². The molecule has 4 nitrogen and oxygen atoms in total. The summed E-state index contributed by atoms with van der Waals surface area (Å²) in [5, 5.41) is 19.0. The van der Waals surface area contributed by atoms with E-state index < -0.39 is 11.9 Å². The Labute approximate surface area is 144 Å².